The molecule has 2 rings (SSSR count). The molecule has 0 spiro atoms. The monoisotopic (exact) mass is 330 g/mol. The first-order valence-corrected chi connectivity index (χ1v) is 9.14. The van der Waals surface area contributed by atoms with Gasteiger partial charge in [-0.25, -0.2) is 18.4 Å². The van der Waals surface area contributed by atoms with Gasteiger partial charge in [0.05, 0.1) is 18.6 Å². The molecular weight excluding hydrogens is 312 g/mol. The topological polar surface area (TPSA) is 69.8 Å². The summed E-state index contributed by atoms with van der Waals surface area (Å²) in [6.45, 7) is 7.42. The van der Waals surface area contributed by atoms with Crippen molar-refractivity contribution in [3.8, 4) is 0 Å². The summed E-state index contributed by atoms with van der Waals surface area (Å²) in [5, 5.41) is -0.102. The normalized spacial score (nSPS) is 12.2. The van der Waals surface area contributed by atoms with Crippen molar-refractivity contribution in [3.63, 3.8) is 0 Å². The molecule has 0 bridgehead atoms. The molecule has 0 aliphatic rings. The number of aromatic nitrogens is 4. The molecule has 0 aliphatic carbocycles. The second-order valence-corrected chi connectivity index (χ2v) is 7.75. The van der Waals surface area contributed by atoms with E-state index in [0.717, 1.165) is 18.7 Å². The fraction of sp³-hybridized carbons (Fsp3) is 0.538. The van der Waals surface area contributed by atoms with Crippen molar-refractivity contribution in [3.05, 3.63) is 30.2 Å². The molecule has 0 saturated carbocycles. The van der Waals surface area contributed by atoms with Gasteiger partial charge in [-0.2, -0.15) is 0 Å². The first-order chi connectivity index (χ1) is 9.82. The lowest BCUT2D eigenvalue weighted by atomic mass is 10.2. The van der Waals surface area contributed by atoms with E-state index in [1.807, 2.05) is 18.4 Å². The Morgan fingerprint density at radius 1 is 1.33 bits per heavy atom. The van der Waals surface area contributed by atoms with Crippen LogP contribution in [0.3, 0.4) is 0 Å². The molecule has 6 nitrogen and oxygen atoms in total. The van der Waals surface area contributed by atoms with Crippen molar-refractivity contribution in [2.24, 2.45) is 0 Å². The summed E-state index contributed by atoms with van der Waals surface area (Å²) in [5.41, 5.74) is 1.01. The third-order valence-electron chi connectivity index (χ3n) is 3.15. The molecule has 0 N–H and O–H groups in total. The summed E-state index contributed by atoms with van der Waals surface area (Å²) in [6.07, 6.45) is 6.06. The van der Waals surface area contributed by atoms with Gasteiger partial charge < -0.3 is 9.13 Å². The van der Waals surface area contributed by atoms with Gasteiger partial charge >= 0.3 is 0 Å². The molecule has 0 fully saturated rings. The van der Waals surface area contributed by atoms with Crippen LogP contribution in [0.1, 0.15) is 44.6 Å². The minimum atomic E-state index is -3.82. The van der Waals surface area contributed by atoms with Crippen molar-refractivity contribution in [1.29, 1.82) is 0 Å². The van der Waals surface area contributed by atoms with Crippen LogP contribution in [-0.4, -0.2) is 27.5 Å². The fourth-order valence-corrected chi connectivity index (χ4v) is 2.89. The Labute approximate surface area is 129 Å². The van der Waals surface area contributed by atoms with E-state index in [1.165, 1.54) is 6.20 Å². The quantitative estimate of drug-likeness (QED) is 0.763. The highest BCUT2D eigenvalue weighted by molar-refractivity contribution is 8.13. The minimum Gasteiger partial charge on any atom is -0.333 e. The number of rotatable bonds is 6. The Hall–Kier alpha value is -1.34. The number of aryl methyl sites for hydroxylation is 1. The molecule has 116 valence electrons. The van der Waals surface area contributed by atoms with Gasteiger partial charge in [0, 0.05) is 35.5 Å². The third kappa shape index (κ3) is 3.65. The predicted octanol–water partition coefficient (Wildman–Crippen LogP) is 2.59. The van der Waals surface area contributed by atoms with Crippen LogP contribution in [0.4, 0.5) is 0 Å². The van der Waals surface area contributed by atoms with Gasteiger partial charge in [0.15, 0.2) is 5.03 Å². The minimum absolute atomic E-state index is 0.0970. The zero-order valence-electron chi connectivity index (χ0n) is 12.3. The standard InChI is InChI=1S/C13H19ClN4O2S/c1-4-5-17-9-15-6-11(17)7-18-8-12(21(14,19)20)16-13(18)10(2)3/h6,8-10H,4-5,7H2,1-3H3. The van der Waals surface area contributed by atoms with Crippen molar-refractivity contribution >= 4 is 19.7 Å². The highest BCUT2D eigenvalue weighted by Gasteiger charge is 2.20. The summed E-state index contributed by atoms with van der Waals surface area (Å²) in [6, 6.07) is 0. The van der Waals surface area contributed by atoms with Crippen LogP contribution in [0, 0.1) is 0 Å². The Kier molecular flexibility index (Phi) is 4.73. The molecule has 0 radical (unpaired) electrons. The summed E-state index contributed by atoms with van der Waals surface area (Å²) >= 11 is 0. The average molecular weight is 331 g/mol. The van der Waals surface area contributed by atoms with Gasteiger partial charge in [-0.05, 0) is 6.42 Å². The van der Waals surface area contributed by atoms with Crippen molar-refractivity contribution < 1.29 is 8.42 Å². The first kappa shape index (κ1) is 16.0. The lowest BCUT2D eigenvalue weighted by Crippen LogP contribution is -2.10. The van der Waals surface area contributed by atoms with Crippen LogP contribution in [0.25, 0.3) is 0 Å². The second kappa shape index (κ2) is 6.19. The van der Waals surface area contributed by atoms with Crippen LogP contribution in [0.5, 0.6) is 0 Å². The molecule has 2 aromatic heterocycles. The SMILES string of the molecule is CCCn1cncc1Cn1cc(S(=O)(=O)Cl)nc1C(C)C. The second-order valence-electron chi connectivity index (χ2n) is 5.24. The van der Waals surface area contributed by atoms with Crippen molar-refractivity contribution in [1.82, 2.24) is 19.1 Å². The Morgan fingerprint density at radius 3 is 2.62 bits per heavy atom. The van der Waals surface area contributed by atoms with Gasteiger partial charge in [0.1, 0.15) is 5.82 Å². The van der Waals surface area contributed by atoms with Gasteiger partial charge in [-0.15, -0.1) is 0 Å². The zero-order valence-corrected chi connectivity index (χ0v) is 13.9. The van der Waals surface area contributed by atoms with Crippen LogP contribution >= 0.6 is 10.7 Å². The van der Waals surface area contributed by atoms with E-state index in [2.05, 4.69) is 21.5 Å². The first-order valence-electron chi connectivity index (χ1n) is 6.83. The number of hydrogen-bond donors (Lipinski definition) is 0. The molecule has 8 heteroatoms. The lowest BCUT2D eigenvalue weighted by Gasteiger charge is -2.11. The molecule has 0 atom stereocenters. The maximum absolute atomic E-state index is 11.5. The largest absolute Gasteiger partial charge is 0.333 e. The number of halogens is 1. The number of nitrogens with zero attached hydrogens (tertiary/aromatic N) is 4. The summed E-state index contributed by atoms with van der Waals surface area (Å²) in [5.74, 6) is 0.790. The average Bonchev–Trinajstić information content (AvgIpc) is 2.97. The molecule has 0 aromatic carbocycles. The Balaban J connectivity index is 2.39. The van der Waals surface area contributed by atoms with Crippen molar-refractivity contribution in [2.75, 3.05) is 0 Å². The molecular formula is C13H19ClN4O2S. The molecule has 0 amide bonds. The molecule has 0 unspecified atom stereocenters. The molecule has 0 aliphatic heterocycles. The lowest BCUT2D eigenvalue weighted by molar-refractivity contribution is 0.601. The van der Waals surface area contributed by atoms with E-state index < -0.39 is 9.05 Å². The van der Waals surface area contributed by atoms with Crippen LogP contribution in [0.2, 0.25) is 0 Å². The van der Waals surface area contributed by atoms with Gasteiger partial charge in [0.25, 0.3) is 9.05 Å². The Morgan fingerprint density at radius 2 is 2.05 bits per heavy atom. The van der Waals surface area contributed by atoms with E-state index in [1.54, 1.807) is 12.5 Å². The highest BCUT2D eigenvalue weighted by atomic mass is 35.7. The maximum atomic E-state index is 11.5. The van der Waals surface area contributed by atoms with Gasteiger partial charge in [-0.3, -0.25) is 0 Å². The van der Waals surface area contributed by atoms with Gasteiger partial charge in [0.2, 0.25) is 0 Å². The summed E-state index contributed by atoms with van der Waals surface area (Å²) < 4.78 is 26.8. The fourth-order valence-electron chi connectivity index (χ4n) is 2.21. The zero-order chi connectivity index (χ0) is 15.6. The van der Waals surface area contributed by atoms with Crippen LogP contribution in [0.15, 0.2) is 23.7 Å². The highest BCUT2D eigenvalue weighted by Crippen LogP contribution is 2.21. The van der Waals surface area contributed by atoms with E-state index in [4.69, 9.17) is 10.7 Å². The van der Waals surface area contributed by atoms with Crippen LogP contribution < -0.4 is 0 Å². The predicted molar refractivity (Wildman–Crippen MR) is 81.0 cm³/mol. The summed E-state index contributed by atoms with van der Waals surface area (Å²) in [4.78, 5) is 8.30. The number of hydrogen-bond acceptors (Lipinski definition) is 4. The van der Waals surface area contributed by atoms with Crippen LogP contribution in [-0.2, 0) is 22.1 Å². The molecule has 21 heavy (non-hydrogen) atoms. The third-order valence-corrected chi connectivity index (χ3v) is 4.32. The molecule has 2 aromatic rings. The smallest absolute Gasteiger partial charge is 0.280 e. The van der Waals surface area contributed by atoms with E-state index >= 15 is 0 Å². The summed E-state index contributed by atoms with van der Waals surface area (Å²) in [7, 11) is 1.57. The van der Waals surface area contributed by atoms with Crippen molar-refractivity contribution in [2.45, 2.75) is 51.2 Å². The van der Waals surface area contributed by atoms with E-state index in [-0.39, 0.29) is 10.9 Å². The Bertz CT molecular complexity index is 718. The number of imidazole rings is 2. The van der Waals surface area contributed by atoms with E-state index in [0.29, 0.717) is 12.4 Å². The molecule has 2 heterocycles. The van der Waals surface area contributed by atoms with Gasteiger partial charge in [-0.1, -0.05) is 20.8 Å². The van der Waals surface area contributed by atoms with E-state index in [9.17, 15) is 8.42 Å². The molecule has 0 saturated heterocycles. The maximum Gasteiger partial charge on any atom is 0.280 e.